The highest BCUT2D eigenvalue weighted by atomic mass is 16.5. The first-order valence-electron chi connectivity index (χ1n) is 5.16. The number of carbonyl (C=O) groups excluding carboxylic acids is 2. The second kappa shape index (κ2) is 4.69. The molecule has 0 unspecified atom stereocenters. The Morgan fingerprint density at radius 1 is 1.59 bits per heavy atom. The van der Waals surface area contributed by atoms with Crippen molar-refractivity contribution in [2.24, 2.45) is 0 Å². The number of benzene rings is 1. The molecule has 0 saturated carbocycles. The van der Waals surface area contributed by atoms with E-state index >= 15 is 0 Å². The summed E-state index contributed by atoms with van der Waals surface area (Å²) in [4.78, 5) is 22.8. The van der Waals surface area contributed by atoms with Gasteiger partial charge in [0.25, 0.3) is 11.8 Å². The summed E-state index contributed by atoms with van der Waals surface area (Å²) in [6.07, 6.45) is 1.60. The van der Waals surface area contributed by atoms with E-state index in [0.29, 0.717) is 23.5 Å². The minimum atomic E-state index is -0.221. The van der Waals surface area contributed by atoms with Crippen molar-refractivity contribution in [3.05, 3.63) is 36.4 Å². The summed E-state index contributed by atoms with van der Waals surface area (Å²) >= 11 is 0. The predicted molar refractivity (Wildman–Crippen MR) is 63.1 cm³/mol. The van der Waals surface area contributed by atoms with Gasteiger partial charge in [-0.05, 0) is 18.2 Å². The second-order valence-corrected chi connectivity index (χ2v) is 3.55. The first-order chi connectivity index (χ1) is 8.20. The van der Waals surface area contributed by atoms with E-state index in [1.54, 1.807) is 24.3 Å². The highest BCUT2D eigenvalue weighted by Gasteiger charge is 2.17. The molecule has 0 aromatic heterocycles. The molecular formula is C12H12N2O3. The maximum Gasteiger partial charge on any atom is 0.262 e. The van der Waals surface area contributed by atoms with E-state index in [2.05, 4.69) is 17.2 Å². The highest BCUT2D eigenvalue weighted by molar-refractivity contribution is 5.99. The van der Waals surface area contributed by atoms with E-state index in [1.165, 1.54) is 0 Å². The van der Waals surface area contributed by atoms with Crippen molar-refractivity contribution in [1.82, 2.24) is 5.32 Å². The van der Waals surface area contributed by atoms with Gasteiger partial charge in [-0.25, -0.2) is 0 Å². The molecule has 0 fully saturated rings. The highest BCUT2D eigenvalue weighted by Crippen LogP contribution is 2.28. The fourth-order valence-corrected chi connectivity index (χ4v) is 1.49. The Hall–Kier alpha value is -2.30. The Labute approximate surface area is 98.5 Å². The molecule has 1 aromatic rings. The van der Waals surface area contributed by atoms with Crippen LogP contribution in [-0.4, -0.2) is 25.0 Å². The number of nitrogens with one attached hydrogen (secondary N) is 2. The van der Waals surface area contributed by atoms with Gasteiger partial charge in [0.05, 0.1) is 5.69 Å². The Morgan fingerprint density at radius 3 is 3.18 bits per heavy atom. The molecule has 0 aliphatic carbocycles. The molecule has 88 valence electrons. The lowest BCUT2D eigenvalue weighted by molar-refractivity contribution is -0.118. The topological polar surface area (TPSA) is 67.4 Å². The third kappa shape index (κ3) is 2.44. The van der Waals surface area contributed by atoms with Crippen LogP contribution in [0, 0.1) is 0 Å². The van der Waals surface area contributed by atoms with Gasteiger partial charge in [-0.3, -0.25) is 9.59 Å². The average molecular weight is 232 g/mol. The van der Waals surface area contributed by atoms with Crippen LogP contribution in [-0.2, 0) is 4.79 Å². The molecule has 1 aliphatic heterocycles. The van der Waals surface area contributed by atoms with Gasteiger partial charge in [0, 0.05) is 12.1 Å². The van der Waals surface area contributed by atoms with Crippen molar-refractivity contribution in [2.75, 3.05) is 18.5 Å². The average Bonchev–Trinajstić information content (AvgIpc) is 2.35. The predicted octanol–water partition coefficient (Wildman–Crippen LogP) is 0.933. The van der Waals surface area contributed by atoms with Crippen molar-refractivity contribution in [3.63, 3.8) is 0 Å². The van der Waals surface area contributed by atoms with Crippen molar-refractivity contribution < 1.29 is 14.3 Å². The van der Waals surface area contributed by atoms with Crippen molar-refractivity contribution >= 4 is 17.5 Å². The van der Waals surface area contributed by atoms with Crippen LogP contribution in [0.15, 0.2) is 30.9 Å². The molecule has 1 aliphatic rings. The van der Waals surface area contributed by atoms with Gasteiger partial charge < -0.3 is 15.4 Å². The zero-order valence-corrected chi connectivity index (χ0v) is 9.16. The fourth-order valence-electron chi connectivity index (χ4n) is 1.49. The normalized spacial score (nSPS) is 13.1. The molecule has 5 nitrogen and oxygen atoms in total. The molecule has 0 spiro atoms. The molecular weight excluding hydrogens is 220 g/mol. The van der Waals surface area contributed by atoms with Crippen LogP contribution in [0.2, 0.25) is 0 Å². The third-order valence-electron chi connectivity index (χ3n) is 2.28. The van der Waals surface area contributed by atoms with Gasteiger partial charge >= 0.3 is 0 Å². The van der Waals surface area contributed by atoms with Crippen LogP contribution in [0.5, 0.6) is 5.75 Å². The Bertz CT molecular complexity index is 483. The van der Waals surface area contributed by atoms with E-state index in [4.69, 9.17) is 4.74 Å². The van der Waals surface area contributed by atoms with Gasteiger partial charge in [-0.2, -0.15) is 0 Å². The standard InChI is InChI=1S/C12H12N2O3/c1-2-5-13-12(16)8-3-4-10-9(6-8)14-11(15)7-17-10/h2-4,6H,1,5,7H2,(H,13,16)(H,14,15). The van der Waals surface area contributed by atoms with Crippen LogP contribution in [0.3, 0.4) is 0 Å². The lowest BCUT2D eigenvalue weighted by Crippen LogP contribution is -2.27. The molecule has 0 radical (unpaired) electrons. The van der Waals surface area contributed by atoms with Crippen molar-refractivity contribution in [2.45, 2.75) is 0 Å². The fraction of sp³-hybridized carbons (Fsp3) is 0.167. The van der Waals surface area contributed by atoms with E-state index in [1.807, 2.05) is 0 Å². The van der Waals surface area contributed by atoms with Gasteiger partial charge in [0.15, 0.2) is 6.61 Å². The van der Waals surface area contributed by atoms with Gasteiger partial charge in [-0.15, -0.1) is 6.58 Å². The maximum absolute atomic E-state index is 11.7. The Morgan fingerprint density at radius 2 is 2.41 bits per heavy atom. The summed E-state index contributed by atoms with van der Waals surface area (Å²) in [5.74, 6) is 0.138. The number of rotatable bonds is 3. The van der Waals surface area contributed by atoms with Crippen molar-refractivity contribution in [1.29, 1.82) is 0 Å². The van der Waals surface area contributed by atoms with Crippen LogP contribution in [0.1, 0.15) is 10.4 Å². The summed E-state index contributed by atoms with van der Waals surface area (Å²) in [7, 11) is 0. The number of hydrogen-bond acceptors (Lipinski definition) is 3. The number of hydrogen-bond donors (Lipinski definition) is 2. The van der Waals surface area contributed by atoms with E-state index in [9.17, 15) is 9.59 Å². The van der Waals surface area contributed by atoms with Crippen LogP contribution in [0.25, 0.3) is 0 Å². The van der Waals surface area contributed by atoms with Gasteiger partial charge in [0.2, 0.25) is 0 Å². The zero-order valence-electron chi connectivity index (χ0n) is 9.16. The molecule has 2 amide bonds. The smallest absolute Gasteiger partial charge is 0.262 e. The quantitative estimate of drug-likeness (QED) is 0.762. The SMILES string of the molecule is C=CCNC(=O)c1ccc2c(c1)NC(=O)CO2. The van der Waals surface area contributed by atoms with E-state index in [0.717, 1.165) is 0 Å². The zero-order chi connectivity index (χ0) is 12.3. The second-order valence-electron chi connectivity index (χ2n) is 3.55. The third-order valence-corrected chi connectivity index (χ3v) is 2.28. The van der Waals surface area contributed by atoms with E-state index < -0.39 is 0 Å². The minimum Gasteiger partial charge on any atom is -0.482 e. The number of amides is 2. The Kier molecular flexibility index (Phi) is 3.09. The molecule has 2 N–H and O–H groups in total. The van der Waals surface area contributed by atoms with Crippen molar-refractivity contribution in [3.8, 4) is 5.75 Å². The van der Waals surface area contributed by atoms with Crippen LogP contribution >= 0.6 is 0 Å². The first kappa shape index (κ1) is 11.2. The number of carbonyl (C=O) groups is 2. The summed E-state index contributed by atoms with van der Waals surface area (Å²) in [6, 6.07) is 4.90. The number of ether oxygens (including phenoxy) is 1. The van der Waals surface area contributed by atoms with Gasteiger partial charge in [0.1, 0.15) is 5.75 Å². The summed E-state index contributed by atoms with van der Waals surface area (Å²) in [5.41, 5.74) is 0.990. The lowest BCUT2D eigenvalue weighted by Gasteiger charge is -2.18. The molecule has 17 heavy (non-hydrogen) atoms. The summed E-state index contributed by atoms with van der Waals surface area (Å²) in [5, 5.41) is 5.30. The molecule has 1 aromatic carbocycles. The Balaban J connectivity index is 2.20. The molecule has 2 rings (SSSR count). The molecule has 0 bridgehead atoms. The number of fused-ring (bicyclic) bond motifs is 1. The molecule has 0 saturated heterocycles. The lowest BCUT2D eigenvalue weighted by atomic mass is 10.1. The maximum atomic E-state index is 11.7. The minimum absolute atomic E-state index is 0.00894. The molecule has 5 heteroatoms. The largest absolute Gasteiger partial charge is 0.482 e. The van der Waals surface area contributed by atoms with Crippen LogP contribution in [0.4, 0.5) is 5.69 Å². The van der Waals surface area contributed by atoms with E-state index in [-0.39, 0.29) is 18.4 Å². The van der Waals surface area contributed by atoms with Gasteiger partial charge in [-0.1, -0.05) is 6.08 Å². The summed E-state index contributed by atoms with van der Waals surface area (Å²) in [6.45, 7) is 3.93. The number of anilines is 1. The summed E-state index contributed by atoms with van der Waals surface area (Å²) < 4.78 is 5.19. The van der Waals surface area contributed by atoms with Crippen LogP contribution < -0.4 is 15.4 Å². The molecule has 0 atom stereocenters. The first-order valence-corrected chi connectivity index (χ1v) is 5.16. The monoisotopic (exact) mass is 232 g/mol. The molecule has 1 heterocycles.